The van der Waals surface area contributed by atoms with Crippen molar-refractivity contribution in [2.75, 3.05) is 14.1 Å². The lowest BCUT2D eigenvalue weighted by Gasteiger charge is -2.21. The molecule has 1 aliphatic carbocycles. The molecule has 0 radical (unpaired) electrons. The number of hydrogen-bond acceptors (Lipinski definition) is 2. The molecule has 1 aromatic rings. The average Bonchev–Trinajstić information content (AvgIpc) is 2.55. The molecule has 94 valence electrons. The lowest BCUT2D eigenvalue weighted by molar-refractivity contribution is 0.439. The average molecular weight is 254 g/mol. The van der Waals surface area contributed by atoms with Gasteiger partial charge < -0.3 is 0 Å². The van der Waals surface area contributed by atoms with E-state index in [4.69, 9.17) is 0 Å². The quantitative estimate of drug-likeness (QED) is 0.884. The van der Waals surface area contributed by atoms with Crippen molar-refractivity contribution in [1.29, 1.82) is 0 Å². The highest BCUT2D eigenvalue weighted by molar-refractivity contribution is 7.87. The summed E-state index contributed by atoms with van der Waals surface area (Å²) >= 11 is 0. The minimum Gasteiger partial charge on any atom is -0.195 e. The van der Waals surface area contributed by atoms with Gasteiger partial charge in [-0.1, -0.05) is 31.2 Å². The lowest BCUT2D eigenvalue weighted by atomic mass is 10.0. The predicted octanol–water partition coefficient (Wildman–Crippen LogP) is 1.32. The van der Waals surface area contributed by atoms with Crippen molar-refractivity contribution in [1.82, 2.24) is 9.03 Å². The molecular formula is C12H18N2O2S. The van der Waals surface area contributed by atoms with Crippen LogP contribution in [0, 0.1) is 5.92 Å². The van der Waals surface area contributed by atoms with Gasteiger partial charge in [-0.25, -0.2) is 0 Å². The molecule has 0 bridgehead atoms. The van der Waals surface area contributed by atoms with Gasteiger partial charge in [-0.05, 0) is 23.5 Å². The topological polar surface area (TPSA) is 49.4 Å². The number of benzene rings is 1. The molecule has 0 saturated heterocycles. The Hall–Kier alpha value is -0.910. The van der Waals surface area contributed by atoms with E-state index in [9.17, 15) is 8.42 Å². The number of hydrogen-bond donors (Lipinski definition) is 1. The maximum Gasteiger partial charge on any atom is 0.279 e. The van der Waals surface area contributed by atoms with Crippen LogP contribution in [0.2, 0.25) is 0 Å². The molecule has 0 spiro atoms. The van der Waals surface area contributed by atoms with Gasteiger partial charge in [0, 0.05) is 14.1 Å². The van der Waals surface area contributed by atoms with Crippen LogP contribution in [0.1, 0.15) is 24.1 Å². The van der Waals surface area contributed by atoms with E-state index >= 15 is 0 Å². The van der Waals surface area contributed by atoms with Gasteiger partial charge in [-0.3, -0.25) is 0 Å². The minimum atomic E-state index is -3.37. The smallest absolute Gasteiger partial charge is 0.195 e. The Kier molecular flexibility index (Phi) is 3.25. The van der Waals surface area contributed by atoms with Gasteiger partial charge >= 0.3 is 0 Å². The molecular weight excluding hydrogens is 236 g/mol. The van der Waals surface area contributed by atoms with Crippen LogP contribution in [0.25, 0.3) is 0 Å². The molecule has 1 aliphatic rings. The molecule has 4 nitrogen and oxygen atoms in total. The van der Waals surface area contributed by atoms with E-state index in [0.717, 1.165) is 12.0 Å². The molecule has 17 heavy (non-hydrogen) atoms. The maximum atomic E-state index is 11.9. The molecule has 0 saturated carbocycles. The van der Waals surface area contributed by atoms with Crippen molar-refractivity contribution >= 4 is 10.2 Å². The minimum absolute atomic E-state index is 0.112. The van der Waals surface area contributed by atoms with Gasteiger partial charge in [-0.15, -0.1) is 0 Å². The lowest BCUT2D eigenvalue weighted by Crippen LogP contribution is -2.39. The zero-order valence-corrected chi connectivity index (χ0v) is 11.2. The monoisotopic (exact) mass is 254 g/mol. The number of nitrogens with one attached hydrogen (secondary N) is 1. The Morgan fingerprint density at radius 2 is 1.94 bits per heavy atom. The Morgan fingerprint density at radius 1 is 1.29 bits per heavy atom. The third-order valence-corrected chi connectivity index (χ3v) is 4.77. The highest BCUT2D eigenvalue weighted by atomic mass is 32.2. The molecule has 2 atom stereocenters. The van der Waals surface area contributed by atoms with E-state index < -0.39 is 10.2 Å². The largest absolute Gasteiger partial charge is 0.279 e. The normalized spacial score (nSPS) is 24.0. The summed E-state index contributed by atoms with van der Waals surface area (Å²) in [5.41, 5.74) is 2.34. The second kappa shape index (κ2) is 4.40. The van der Waals surface area contributed by atoms with Crippen LogP contribution in [-0.2, 0) is 16.6 Å². The van der Waals surface area contributed by atoms with Crippen molar-refractivity contribution in [3.8, 4) is 0 Å². The molecule has 1 aromatic carbocycles. The van der Waals surface area contributed by atoms with Crippen LogP contribution < -0.4 is 4.72 Å². The number of fused-ring (bicyclic) bond motifs is 1. The summed E-state index contributed by atoms with van der Waals surface area (Å²) in [4.78, 5) is 0. The van der Waals surface area contributed by atoms with Crippen LogP contribution in [-0.4, -0.2) is 26.8 Å². The molecule has 0 aliphatic heterocycles. The van der Waals surface area contributed by atoms with Crippen LogP contribution in [0.5, 0.6) is 0 Å². The van der Waals surface area contributed by atoms with Crippen LogP contribution in [0.4, 0.5) is 0 Å². The Morgan fingerprint density at radius 3 is 2.59 bits per heavy atom. The first-order chi connectivity index (χ1) is 7.92. The molecule has 0 aromatic heterocycles. The fraction of sp³-hybridized carbons (Fsp3) is 0.500. The standard InChI is InChI=1S/C12H18N2O2S/c1-9-8-10-6-4-5-7-11(10)12(9)13-17(15,16)14(2)3/h4-7,9,12-13H,8H2,1-3H3/t9-,12-/m0/s1. The van der Waals surface area contributed by atoms with E-state index in [1.807, 2.05) is 18.2 Å². The molecule has 2 rings (SSSR count). The first-order valence-electron chi connectivity index (χ1n) is 5.69. The SMILES string of the molecule is C[C@H]1Cc2ccccc2[C@H]1NS(=O)(=O)N(C)C. The third-order valence-electron chi connectivity index (χ3n) is 3.26. The second-order valence-electron chi connectivity index (χ2n) is 4.76. The fourth-order valence-electron chi connectivity index (χ4n) is 2.24. The van der Waals surface area contributed by atoms with Crippen molar-refractivity contribution in [3.05, 3.63) is 35.4 Å². The summed E-state index contributed by atoms with van der Waals surface area (Å²) in [6, 6.07) is 7.90. The summed E-state index contributed by atoms with van der Waals surface area (Å²) < 4.78 is 27.7. The summed E-state index contributed by atoms with van der Waals surface area (Å²) in [5.74, 6) is 0.294. The number of rotatable bonds is 3. The van der Waals surface area contributed by atoms with E-state index in [1.165, 1.54) is 24.0 Å². The molecule has 1 N–H and O–H groups in total. The highest BCUT2D eigenvalue weighted by Gasteiger charge is 2.32. The van der Waals surface area contributed by atoms with Crippen LogP contribution in [0.3, 0.4) is 0 Å². The van der Waals surface area contributed by atoms with E-state index in [-0.39, 0.29) is 6.04 Å². The van der Waals surface area contributed by atoms with Crippen LogP contribution in [0.15, 0.2) is 24.3 Å². The molecule has 0 amide bonds. The zero-order valence-electron chi connectivity index (χ0n) is 10.3. The van der Waals surface area contributed by atoms with Crippen molar-refractivity contribution in [2.45, 2.75) is 19.4 Å². The summed E-state index contributed by atoms with van der Waals surface area (Å²) in [7, 11) is -0.303. The van der Waals surface area contributed by atoms with Crippen LogP contribution >= 0.6 is 0 Å². The van der Waals surface area contributed by atoms with E-state index in [2.05, 4.69) is 17.7 Å². The Balaban J connectivity index is 2.29. The Labute approximate surface area is 103 Å². The third kappa shape index (κ3) is 2.36. The molecule has 0 fully saturated rings. The Bertz CT molecular complexity index is 511. The first kappa shape index (κ1) is 12.5. The highest BCUT2D eigenvalue weighted by Crippen LogP contribution is 2.36. The van der Waals surface area contributed by atoms with Gasteiger partial charge in [0.15, 0.2) is 0 Å². The van der Waals surface area contributed by atoms with Gasteiger partial charge in [-0.2, -0.15) is 17.4 Å². The van der Waals surface area contributed by atoms with Crippen molar-refractivity contribution < 1.29 is 8.42 Å². The summed E-state index contributed by atoms with van der Waals surface area (Å²) in [5, 5.41) is 0. The van der Waals surface area contributed by atoms with Gasteiger partial charge in [0.05, 0.1) is 6.04 Å². The fourth-order valence-corrected chi connectivity index (χ4v) is 3.13. The van der Waals surface area contributed by atoms with Crippen molar-refractivity contribution in [3.63, 3.8) is 0 Å². The van der Waals surface area contributed by atoms with Gasteiger partial charge in [0.25, 0.3) is 10.2 Å². The first-order valence-corrected chi connectivity index (χ1v) is 7.13. The summed E-state index contributed by atoms with van der Waals surface area (Å²) in [6.45, 7) is 2.07. The predicted molar refractivity (Wildman–Crippen MR) is 67.8 cm³/mol. The summed E-state index contributed by atoms with van der Waals surface area (Å²) in [6.07, 6.45) is 0.927. The second-order valence-corrected chi connectivity index (χ2v) is 6.68. The maximum absolute atomic E-state index is 11.9. The van der Waals surface area contributed by atoms with Crippen molar-refractivity contribution in [2.24, 2.45) is 5.92 Å². The van der Waals surface area contributed by atoms with Gasteiger partial charge in [0.1, 0.15) is 0 Å². The number of nitrogens with zero attached hydrogens (tertiary/aromatic N) is 1. The zero-order chi connectivity index (χ0) is 12.6. The molecule has 5 heteroatoms. The van der Waals surface area contributed by atoms with E-state index in [0.29, 0.717) is 5.92 Å². The van der Waals surface area contributed by atoms with Gasteiger partial charge in [0.2, 0.25) is 0 Å². The molecule has 0 unspecified atom stereocenters. The van der Waals surface area contributed by atoms with E-state index in [1.54, 1.807) is 0 Å². The molecule has 0 heterocycles.